The molecule has 0 amide bonds. The van der Waals surface area contributed by atoms with Crippen LogP contribution in [0.4, 0.5) is 11.7 Å². The number of halogens is 3. The molecule has 0 aliphatic heterocycles. The Morgan fingerprint density at radius 3 is 2.71 bits per heavy atom. The average molecular weight is 293 g/mol. The second-order valence-corrected chi connectivity index (χ2v) is 4.81. The summed E-state index contributed by atoms with van der Waals surface area (Å²) in [5.74, 6) is 0.340. The molecule has 90 valence electrons. The molecular formula is C10H8Cl3N3O. The van der Waals surface area contributed by atoms with Crippen molar-refractivity contribution in [1.29, 1.82) is 0 Å². The molecule has 1 aromatic carbocycles. The number of hydrogen-bond donors (Lipinski definition) is 1. The van der Waals surface area contributed by atoms with Crippen LogP contribution in [-0.4, -0.2) is 10.2 Å². The predicted molar refractivity (Wildman–Crippen MR) is 68.3 cm³/mol. The molecule has 1 heterocycles. The molecule has 0 fully saturated rings. The van der Waals surface area contributed by atoms with E-state index in [1.54, 1.807) is 25.1 Å². The lowest BCUT2D eigenvalue weighted by molar-refractivity contribution is 0.510. The first-order chi connectivity index (χ1) is 8.06. The minimum Gasteiger partial charge on any atom is -0.406 e. The van der Waals surface area contributed by atoms with E-state index in [-0.39, 0.29) is 11.4 Å². The number of anilines is 2. The van der Waals surface area contributed by atoms with Gasteiger partial charge in [0, 0.05) is 5.02 Å². The zero-order valence-corrected chi connectivity index (χ0v) is 11.0. The van der Waals surface area contributed by atoms with Crippen LogP contribution in [0.25, 0.3) is 0 Å². The van der Waals surface area contributed by atoms with Crippen LogP contribution in [-0.2, 0) is 0 Å². The third-order valence-electron chi connectivity index (χ3n) is 1.95. The largest absolute Gasteiger partial charge is 0.406 e. The van der Waals surface area contributed by atoms with Crippen LogP contribution in [0.15, 0.2) is 22.6 Å². The third kappa shape index (κ3) is 3.03. The molecule has 0 aliphatic carbocycles. The van der Waals surface area contributed by atoms with Crippen LogP contribution in [0.1, 0.15) is 18.2 Å². The molecule has 0 spiro atoms. The monoisotopic (exact) mass is 291 g/mol. The van der Waals surface area contributed by atoms with Crippen molar-refractivity contribution in [2.24, 2.45) is 0 Å². The van der Waals surface area contributed by atoms with Crippen LogP contribution in [0.2, 0.25) is 10.0 Å². The fourth-order valence-corrected chi connectivity index (χ4v) is 1.58. The number of alkyl halides is 1. The first-order valence-corrected chi connectivity index (χ1v) is 5.95. The summed E-state index contributed by atoms with van der Waals surface area (Å²) in [7, 11) is 0. The Morgan fingerprint density at radius 1 is 1.29 bits per heavy atom. The molecular weight excluding hydrogens is 284 g/mol. The fraction of sp³-hybridized carbons (Fsp3) is 0.200. The molecule has 2 rings (SSSR count). The van der Waals surface area contributed by atoms with Gasteiger partial charge in [0.2, 0.25) is 5.89 Å². The second kappa shape index (κ2) is 5.12. The SMILES string of the molecule is CC(Cl)c1nnc(Nc2cc(Cl)ccc2Cl)o1. The van der Waals surface area contributed by atoms with Crippen LogP contribution >= 0.6 is 34.8 Å². The van der Waals surface area contributed by atoms with Gasteiger partial charge in [-0.25, -0.2) is 0 Å². The molecule has 0 saturated carbocycles. The van der Waals surface area contributed by atoms with E-state index >= 15 is 0 Å². The van der Waals surface area contributed by atoms with Gasteiger partial charge in [-0.15, -0.1) is 16.7 Å². The van der Waals surface area contributed by atoms with E-state index in [4.69, 9.17) is 39.2 Å². The van der Waals surface area contributed by atoms with E-state index < -0.39 is 0 Å². The number of rotatable bonds is 3. The molecule has 1 unspecified atom stereocenters. The molecule has 0 aliphatic rings. The summed E-state index contributed by atoms with van der Waals surface area (Å²) < 4.78 is 5.28. The number of aromatic nitrogens is 2. The minimum absolute atomic E-state index is 0.219. The van der Waals surface area contributed by atoms with Gasteiger partial charge in [0.05, 0.1) is 10.7 Å². The molecule has 1 aromatic heterocycles. The van der Waals surface area contributed by atoms with Crippen LogP contribution in [0, 0.1) is 0 Å². The van der Waals surface area contributed by atoms with Crippen molar-refractivity contribution in [3.8, 4) is 0 Å². The molecule has 4 nitrogen and oxygen atoms in total. The van der Waals surface area contributed by atoms with Gasteiger partial charge in [0.15, 0.2) is 0 Å². The van der Waals surface area contributed by atoms with Gasteiger partial charge in [0.1, 0.15) is 5.38 Å². The first-order valence-electron chi connectivity index (χ1n) is 4.76. The van der Waals surface area contributed by atoms with E-state index in [2.05, 4.69) is 15.5 Å². The van der Waals surface area contributed by atoms with Crippen molar-refractivity contribution in [2.75, 3.05) is 5.32 Å². The summed E-state index contributed by atoms with van der Waals surface area (Å²) in [5, 5.41) is 11.2. The van der Waals surface area contributed by atoms with E-state index in [0.717, 1.165) is 0 Å². The van der Waals surface area contributed by atoms with Gasteiger partial charge < -0.3 is 9.73 Å². The van der Waals surface area contributed by atoms with E-state index in [1.807, 2.05) is 0 Å². The topological polar surface area (TPSA) is 51.0 Å². The normalized spacial score (nSPS) is 12.5. The van der Waals surface area contributed by atoms with Crippen molar-refractivity contribution in [1.82, 2.24) is 10.2 Å². The lowest BCUT2D eigenvalue weighted by atomic mass is 10.3. The molecule has 0 radical (unpaired) electrons. The summed E-state index contributed by atoms with van der Waals surface area (Å²) in [5.41, 5.74) is 0.594. The van der Waals surface area contributed by atoms with Gasteiger partial charge in [-0.2, -0.15) is 0 Å². The Morgan fingerprint density at radius 2 is 2.06 bits per heavy atom. The van der Waals surface area contributed by atoms with Gasteiger partial charge in [-0.1, -0.05) is 28.3 Å². The average Bonchev–Trinajstić information content (AvgIpc) is 2.72. The molecule has 1 atom stereocenters. The fourth-order valence-electron chi connectivity index (χ4n) is 1.15. The quantitative estimate of drug-likeness (QED) is 0.851. The highest BCUT2D eigenvalue weighted by Crippen LogP contribution is 2.28. The van der Waals surface area contributed by atoms with E-state index in [0.29, 0.717) is 21.6 Å². The van der Waals surface area contributed by atoms with Gasteiger partial charge in [-0.3, -0.25) is 0 Å². The van der Waals surface area contributed by atoms with Gasteiger partial charge in [-0.05, 0) is 25.1 Å². The molecule has 7 heteroatoms. The summed E-state index contributed by atoms with van der Waals surface area (Å²) >= 11 is 17.6. The minimum atomic E-state index is -0.340. The lowest BCUT2D eigenvalue weighted by Gasteiger charge is -2.04. The Labute approximate surface area is 113 Å². The van der Waals surface area contributed by atoms with Crippen LogP contribution in [0.5, 0.6) is 0 Å². The molecule has 0 bridgehead atoms. The number of hydrogen-bond acceptors (Lipinski definition) is 4. The van der Waals surface area contributed by atoms with Crippen molar-refractivity contribution in [3.05, 3.63) is 34.1 Å². The third-order valence-corrected chi connectivity index (χ3v) is 2.70. The number of nitrogens with one attached hydrogen (secondary N) is 1. The van der Waals surface area contributed by atoms with Crippen molar-refractivity contribution in [3.63, 3.8) is 0 Å². The maximum Gasteiger partial charge on any atom is 0.320 e. The van der Waals surface area contributed by atoms with Crippen molar-refractivity contribution >= 4 is 46.5 Å². The summed E-state index contributed by atoms with van der Waals surface area (Å²) in [6.07, 6.45) is 0. The van der Waals surface area contributed by atoms with Gasteiger partial charge in [0.25, 0.3) is 0 Å². The summed E-state index contributed by atoms with van der Waals surface area (Å²) in [6, 6.07) is 5.25. The van der Waals surface area contributed by atoms with E-state index in [1.165, 1.54) is 0 Å². The number of benzene rings is 1. The smallest absolute Gasteiger partial charge is 0.320 e. The lowest BCUT2D eigenvalue weighted by Crippen LogP contribution is -1.91. The Kier molecular flexibility index (Phi) is 3.76. The predicted octanol–water partition coefficient (Wildman–Crippen LogP) is 4.42. The summed E-state index contributed by atoms with van der Waals surface area (Å²) in [4.78, 5) is 0. The zero-order chi connectivity index (χ0) is 12.4. The van der Waals surface area contributed by atoms with Crippen LogP contribution < -0.4 is 5.32 Å². The molecule has 2 aromatic rings. The Bertz CT molecular complexity index is 527. The molecule has 1 N–H and O–H groups in total. The Hall–Kier alpha value is -0.970. The Balaban J connectivity index is 2.22. The maximum atomic E-state index is 5.98. The molecule has 0 saturated heterocycles. The zero-order valence-electron chi connectivity index (χ0n) is 8.75. The van der Waals surface area contributed by atoms with Crippen LogP contribution in [0.3, 0.4) is 0 Å². The first kappa shape index (κ1) is 12.5. The standard InChI is InChI=1S/C10H8Cl3N3O/c1-5(11)9-15-16-10(17-9)14-8-4-6(12)2-3-7(8)13/h2-5H,1H3,(H,14,16). The second-order valence-electron chi connectivity index (χ2n) is 3.31. The number of nitrogens with zero attached hydrogens (tertiary/aromatic N) is 2. The highest BCUT2D eigenvalue weighted by atomic mass is 35.5. The maximum absolute atomic E-state index is 5.98. The van der Waals surface area contributed by atoms with E-state index in [9.17, 15) is 0 Å². The van der Waals surface area contributed by atoms with Gasteiger partial charge >= 0.3 is 6.01 Å². The highest BCUT2D eigenvalue weighted by Gasteiger charge is 2.12. The highest BCUT2D eigenvalue weighted by molar-refractivity contribution is 6.35. The van der Waals surface area contributed by atoms with Crippen molar-refractivity contribution < 1.29 is 4.42 Å². The molecule has 17 heavy (non-hydrogen) atoms. The summed E-state index contributed by atoms with van der Waals surface area (Å²) in [6.45, 7) is 1.74. The van der Waals surface area contributed by atoms with Crippen molar-refractivity contribution in [2.45, 2.75) is 12.3 Å².